The van der Waals surface area contributed by atoms with Gasteiger partial charge in [0, 0.05) is 44.8 Å². The molecule has 5 nitrogen and oxygen atoms in total. The Morgan fingerprint density at radius 2 is 2.29 bits per heavy atom. The van der Waals surface area contributed by atoms with E-state index in [1.165, 1.54) is 0 Å². The van der Waals surface area contributed by atoms with Crippen LogP contribution in [0.1, 0.15) is 6.92 Å². The molecule has 2 heterocycles. The monoisotopic (exact) mass is 199 g/mol. The Balaban J connectivity index is 2.03. The molecule has 2 aliphatic heterocycles. The average Bonchev–Trinajstić information content (AvgIpc) is 2.16. The molecule has 0 saturated carbocycles. The van der Waals surface area contributed by atoms with E-state index < -0.39 is 6.09 Å². The summed E-state index contributed by atoms with van der Waals surface area (Å²) in [4.78, 5) is 14.9. The molecule has 2 fully saturated rings. The molecule has 1 amide bonds. The molecule has 0 radical (unpaired) electrons. The van der Waals surface area contributed by atoms with E-state index in [2.05, 4.69) is 10.2 Å². The first-order valence-electron chi connectivity index (χ1n) is 5.13. The Hall–Kier alpha value is -0.810. The van der Waals surface area contributed by atoms with Crippen LogP contribution in [0, 0.1) is 0 Å². The number of hydrogen-bond donors (Lipinski definition) is 2. The molecule has 5 heteroatoms. The van der Waals surface area contributed by atoms with E-state index in [1.54, 1.807) is 4.90 Å². The highest BCUT2D eigenvalue weighted by atomic mass is 16.4. The van der Waals surface area contributed by atoms with Crippen LogP contribution in [-0.2, 0) is 0 Å². The van der Waals surface area contributed by atoms with Crippen LogP contribution in [0.25, 0.3) is 0 Å². The van der Waals surface area contributed by atoms with Crippen LogP contribution >= 0.6 is 0 Å². The summed E-state index contributed by atoms with van der Waals surface area (Å²) in [5.41, 5.74) is 0. The van der Waals surface area contributed by atoms with Gasteiger partial charge in [0.2, 0.25) is 0 Å². The molecule has 0 aromatic carbocycles. The van der Waals surface area contributed by atoms with Crippen LogP contribution in [0.4, 0.5) is 4.79 Å². The Morgan fingerprint density at radius 1 is 1.50 bits per heavy atom. The number of carbonyl (C=O) groups is 1. The van der Waals surface area contributed by atoms with Crippen molar-refractivity contribution in [3.05, 3.63) is 0 Å². The molecule has 0 aliphatic carbocycles. The van der Waals surface area contributed by atoms with Crippen LogP contribution in [-0.4, -0.2) is 65.8 Å². The minimum atomic E-state index is -0.789. The van der Waals surface area contributed by atoms with Crippen LogP contribution < -0.4 is 5.32 Å². The Morgan fingerprint density at radius 3 is 3.00 bits per heavy atom. The van der Waals surface area contributed by atoms with Gasteiger partial charge in [0.1, 0.15) is 0 Å². The quantitative estimate of drug-likeness (QED) is 0.559. The highest BCUT2D eigenvalue weighted by molar-refractivity contribution is 5.65. The summed E-state index contributed by atoms with van der Waals surface area (Å²) in [6.45, 7) is 6.48. The summed E-state index contributed by atoms with van der Waals surface area (Å²) in [6.07, 6.45) is -0.789. The molecule has 2 aliphatic rings. The second-order valence-electron chi connectivity index (χ2n) is 4.14. The first-order valence-corrected chi connectivity index (χ1v) is 5.13. The molecular formula is C9H17N3O2. The van der Waals surface area contributed by atoms with Gasteiger partial charge < -0.3 is 15.3 Å². The summed E-state index contributed by atoms with van der Waals surface area (Å²) >= 11 is 0. The summed E-state index contributed by atoms with van der Waals surface area (Å²) in [5, 5.41) is 12.3. The maximum Gasteiger partial charge on any atom is 0.407 e. The van der Waals surface area contributed by atoms with Gasteiger partial charge in [-0.05, 0) is 6.92 Å². The maximum atomic E-state index is 10.9. The van der Waals surface area contributed by atoms with Crippen LogP contribution in [0.2, 0.25) is 0 Å². The van der Waals surface area contributed by atoms with Gasteiger partial charge in [-0.25, -0.2) is 4.79 Å². The number of piperazine rings is 2. The molecule has 2 atom stereocenters. The number of hydrogen-bond acceptors (Lipinski definition) is 3. The third-order valence-electron chi connectivity index (χ3n) is 3.16. The van der Waals surface area contributed by atoms with E-state index in [1.807, 2.05) is 6.92 Å². The third-order valence-corrected chi connectivity index (χ3v) is 3.16. The van der Waals surface area contributed by atoms with Gasteiger partial charge in [-0.15, -0.1) is 0 Å². The molecule has 2 N–H and O–H groups in total. The normalized spacial score (nSPS) is 33.9. The fourth-order valence-corrected chi connectivity index (χ4v) is 2.33. The van der Waals surface area contributed by atoms with Crippen molar-refractivity contribution in [2.24, 2.45) is 0 Å². The second kappa shape index (κ2) is 3.74. The van der Waals surface area contributed by atoms with E-state index >= 15 is 0 Å². The van der Waals surface area contributed by atoms with E-state index in [0.717, 1.165) is 26.2 Å². The lowest BCUT2D eigenvalue weighted by Crippen LogP contribution is -2.64. The van der Waals surface area contributed by atoms with Gasteiger partial charge >= 0.3 is 6.09 Å². The minimum absolute atomic E-state index is 0.127. The average molecular weight is 199 g/mol. The molecule has 80 valence electrons. The van der Waals surface area contributed by atoms with Gasteiger partial charge in [-0.2, -0.15) is 0 Å². The highest BCUT2D eigenvalue weighted by Crippen LogP contribution is 2.16. The first kappa shape index (κ1) is 9.73. The first-order chi connectivity index (χ1) is 6.68. The second-order valence-corrected chi connectivity index (χ2v) is 4.14. The fourth-order valence-electron chi connectivity index (χ4n) is 2.33. The lowest BCUT2D eigenvalue weighted by molar-refractivity contribution is 0.0268. The summed E-state index contributed by atoms with van der Waals surface area (Å²) in [6, 6.07) is 0.498. The number of nitrogens with zero attached hydrogens (tertiary/aromatic N) is 2. The number of nitrogens with one attached hydrogen (secondary N) is 1. The Bertz CT molecular complexity index is 234. The molecule has 2 saturated heterocycles. The zero-order chi connectivity index (χ0) is 10.1. The van der Waals surface area contributed by atoms with Gasteiger partial charge in [-0.1, -0.05) is 0 Å². The summed E-state index contributed by atoms with van der Waals surface area (Å²) in [5.74, 6) is 0. The van der Waals surface area contributed by atoms with Crippen molar-refractivity contribution in [1.82, 2.24) is 15.1 Å². The molecular weight excluding hydrogens is 182 g/mol. The number of amides is 1. The van der Waals surface area contributed by atoms with Crippen LogP contribution in [0.15, 0.2) is 0 Å². The molecule has 1 unspecified atom stereocenters. The summed E-state index contributed by atoms with van der Waals surface area (Å²) in [7, 11) is 0. The van der Waals surface area contributed by atoms with Crippen LogP contribution in [0.3, 0.4) is 0 Å². The molecule has 0 aromatic rings. The fraction of sp³-hybridized carbons (Fsp3) is 0.889. The van der Waals surface area contributed by atoms with Crippen LogP contribution in [0.5, 0.6) is 0 Å². The largest absolute Gasteiger partial charge is 0.465 e. The number of rotatable bonds is 0. The third kappa shape index (κ3) is 1.69. The van der Waals surface area contributed by atoms with Crippen molar-refractivity contribution in [2.75, 3.05) is 32.7 Å². The molecule has 0 spiro atoms. The zero-order valence-electron chi connectivity index (χ0n) is 8.44. The van der Waals surface area contributed by atoms with Crippen molar-refractivity contribution in [2.45, 2.75) is 19.0 Å². The van der Waals surface area contributed by atoms with Gasteiger partial charge in [-0.3, -0.25) is 4.90 Å². The minimum Gasteiger partial charge on any atom is -0.465 e. The molecule has 0 aromatic heterocycles. The van der Waals surface area contributed by atoms with E-state index in [-0.39, 0.29) is 6.04 Å². The zero-order valence-corrected chi connectivity index (χ0v) is 8.44. The predicted molar refractivity (Wildman–Crippen MR) is 52.4 cm³/mol. The highest BCUT2D eigenvalue weighted by Gasteiger charge is 2.34. The standard InChI is InChI=1S/C9H17N3O2/c1-7-5-11-3-2-10-4-8(11)6-12(7)9(13)14/h7-8,10H,2-6H2,1H3,(H,13,14)/t7-,8?/m1/s1. The maximum absolute atomic E-state index is 10.9. The van der Waals surface area contributed by atoms with Crippen molar-refractivity contribution in [1.29, 1.82) is 0 Å². The topological polar surface area (TPSA) is 55.8 Å². The SMILES string of the molecule is C[C@@H]1CN2CCNCC2CN1C(=O)O. The van der Waals surface area contributed by atoms with Crippen molar-refractivity contribution in [3.63, 3.8) is 0 Å². The lowest BCUT2D eigenvalue weighted by Gasteiger charge is -2.46. The van der Waals surface area contributed by atoms with Gasteiger partial charge in [0.25, 0.3) is 0 Å². The van der Waals surface area contributed by atoms with E-state index in [9.17, 15) is 4.79 Å². The molecule has 2 rings (SSSR count). The van der Waals surface area contributed by atoms with Gasteiger partial charge in [0.05, 0.1) is 0 Å². The molecule has 0 bridgehead atoms. The Kier molecular flexibility index (Phi) is 2.60. The van der Waals surface area contributed by atoms with E-state index in [0.29, 0.717) is 12.6 Å². The summed E-state index contributed by atoms with van der Waals surface area (Å²) < 4.78 is 0. The molecule has 14 heavy (non-hydrogen) atoms. The lowest BCUT2D eigenvalue weighted by atomic mass is 10.1. The number of fused-ring (bicyclic) bond motifs is 1. The van der Waals surface area contributed by atoms with E-state index in [4.69, 9.17) is 5.11 Å². The van der Waals surface area contributed by atoms with Crippen molar-refractivity contribution < 1.29 is 9.90 Å². The predicted octanol–water partition coefficient (Wildman–Crippen LogP) is -0.358. The van der Waals surface area contributed by atoms with Crippen molar-refractivity contribution in [3.8, 4) is 0 Å². The Labute approximate surface area is 83.7 Å². The smallest absolute Gasteiger partial charge is 0.407 e. The van der Waals surface area contributed by atoms with Gasteiger partial charge in [0.15, 0.2) is 0 Å². The van der Waals surface area contributed by atoms with Crippen molar-refractivity contribution >= 4 is 6.09 Å². The number of carboxylic acid groups (broad SMARTS) is 1.